The van der Waals surface area contributed by atoms with Gasteiger partial charge in [-0.15, -0.1) is 0 Å². The highest BCUT2D eigenvalue weighted by Gasteiger charge is 2.24. The lowest BCUT2D eigenvalue weighted by Crippen LogP contribution is -2.11. The third kappa shape index (κ3) is 5.57. The molecule has 0 saturated carbocycles. The maximum atomic E-state index is 2.49. The van der Waals surface area contributed by atoms with Gasteiger partial charge in [-0.3, -0.25) is 0 Å². The first-order valence-corrected chi connectivity index (χ1v) is 21.8. The number of hydrogen-bond acceptors (Lipinski definition) is 1. The lowest BCUT2D eigenvalue weighted by molar-refractivity contribution is 1.31. The maximum Gasteiger partial charge on any atom is 0.0540 e. The van der Waals surface area contributed by atoms with Crippen molar-refractivity contribution in [2.45, 2.75) is 0 Å². The average Bonchev–Trinajstić information content (AvgIpc) is 3.36. The highest BCUT2D eigenvalue weighted by molar-refractivity contribution is 6.33. The number of fused-ring (bicyclic) bond motifs is 7. The van der Waals surface area contributed by atoms with Crippen LogP contribution in [0.4, 0.5) is 17.1 Å². The Bertz CT molecular complexity index is 3820. The summed E-state index contributed by atoms with van der Waals surface area (Å²) in [6.07, 6.45) is 0. The molecule has 13 aromatic rings. The minimum Gasteiger partial charge on any atom is -0.310 e. The van der Waals surface area contributed by atoms with Crippen LogP contribution in [-0.4, -0.2) is 0 Å². The molecule has 13 aromatic carbocycles. The second kappa shape index (κ2) is 14.2. The number of hydrogen-bond donors (Lipinski definition) is 0. The van der Waals surface area contributed by atoms with Gasteiger partial charge in [0, 0.05) is 16.8 Å². The van der Waals surface area contributed by atoms with Gasteiger partial charge < -0.3 is 4.90 Å². The zero-order chi connectivity index (χ0) is 41.4. The van der Waals surface area contributed by atoms with Crippen LogP contribution in [0.15, 0.2) is 237 Å². The van der Waals surface area contributed by atoms with Crippen LogP contribution in [0.25, 0.3) is 109 Å². The lowest BCUT2D eigenvalue weighted by Gasteiger charge is -2.29. The molecule has 0 saturated heterocycles. The summed E-state index contributed by atoms with van der Waals surface area (Å²) in [6.45, 7) is 0. The Balaban J connectivity index is 1.17. The second-order valence-corrected chi connectivity index (χ2v) is 16.8. The normalized spacial score (nSPS) is 11.8. The number of anilines is 3. The lowest BCUT2D eigenvalue weighted by atomic mass is 9.81. The van der Waals surface area contributed by atoms with Crippen molar-refractivity contribution in [3.63, 3.8) is 0 Å². The molecule has 0 aliphatic carbocycles. The van der Waals surface area contributed by atoms with Crippen molar-refractivity contribution in [1.82, 2.24) is 0 Å². The molecule has 1 heteroatoms. The third-order valence-electron chi connectivity index (χ3n) is 13.3. The molecule has 0 amide bonds. The van der Waals surface area contributed by atoms with Crippen molar-refractivity contribution >= 4 is 92.5 Å². The van der Waals surface area contributed by atoms with E-state index in [1.807, 2.05) is 0 Å². The Kier molecular flexibility index (Phi) is 7.98. The highest BCUT2D eigenvalue weighted by Crippen LogP contribution is 2.51. The molecule has 0 spiro atoms. The Morgan fingerprint density at radius 3 is 1.44 bits per heavy atom. The quantitative estimate of drug-likeness (QED) is 0.152. The number of nitrogens with zero attached hydrogens (tertiary/aromatic N) is 1. The molecule has 63 heavy (non-hydrogen) atoms. The fraction of sp³-hybridized carbons (Fsp3) is 0. The van der Waals surface area contributed by atoms with Crippen molar-refractivity contribution < 1.29 is 0 Å². The van der Waals surface area contributed by atoms with Gasteiger partial charge in [0.25, 0.3) is 0 Å². The first-order valence-electron chi connectivity index (χ1n) is 21.8. The van der Waals surface area contributed by atoms with Crippen LogP contribution in [-0.2, 0) is 0 Å². The maximum absolute atomic E-state index is 2.49. The first kappa shape index (κ1) is 35.5. The van der Waals surface area contributed by atoms with Gasteiger partial charge in [-0.25, -0.2) is 0 Å². The van der Waals surface area contributed by atoms with Crippen molar-refractivity contribution in [1.29, 1.82) is 0 Å². The van der Waals surface area contributed by atoms with E-state index in [-0.39, 0.29) is 0 Å². The van der Waals surface area contributed by atoms with Gasteiger partial charge in [-0.1, -0.05) is 200 Å². The molecular formula is C62H39N. The van der Waals surface area contributed by atoms with Crippen LogP contribution >= 0.6 is 0 Å². The molecule has 0 unspecified atom stereocenters. The standard InChI is InChI=1S/C62H39N/c1-4-16-41(17-5-1)54-39-55(42-18-6-2-7-19-42)61-52-28-13-12-27-51(52)56-38-48(34-35-53(56)62(61)60(54)43-21-8-3-9-22-43)63(57-29-15-23-40-20-10-11-26-50(40)57)49-36-46-32-30-44-24-14-25-45-31-33-47(37-49)59(46)58(44)45/h1-39H. The van der Waals surface area contributed by atoms with Crippen LogP contribution in [0.5, 0.6) is 0 Å². The van der Waals surface area contributed by atoms with E-state index >= 15 is 0 Å². The molecule has 0 bridgehead atoms. The molecular weight excluding hydrogens is 759 g/mol. The van der Waals surface area contributed by atoms with Crippen molar-refractivity contribution in [2.75, 3.05) is 4.90 Å². The van der Waals surface area contributed by atoms with E-state index in [2.05, 4.69) is 241 Å². The number of benzene rings is 13. The molecule has 0 N–H and O–H groups in total. The fourth-order valence-corrected chi connectivity index (χ4v) is 10.6. The Morgan fingerprint density at radius 1 is 0.238 bits per heavy atom. The predicted molar refractivity (Wildman–Crippen MR) is 271 cm³/mol. The molecule has 0 radical (unpaired) electrons. The van der Waals surface area contributed by atoms with Gasteiger partial charge in [-0.05, 0) is 140 Å². The summed E-state index contributed by atoms with van der Waals surface area (Å²) < 4.78 is 0. The van der Waals surface area contributed by atoms with Crippen LogP contribution in [0.2, 0.25) is 0 Å². The van der Waals surface area contributed by atoms with Crippen LogP contribution < -0.4 is 4.90 Å². The molecule has 0 fully saturated rings. The zero-order valence-corrected chi connectivity index (χ0v) is 34.5. The minimum absolute atomic E-state index is 1.11. The summed E-state index contributed by atoms with van der Waals surface area (Å²) in [7, 11) is 0. The van der Waals surface area contributed by atoms with Gasteiger partial charge in [-0.2, -0.15) is 0 Å². The van der Waals surface area contributed by atoms with Gasteiger partial charge in [0.2, 0.25) is 0 Å². The van der Waals surface area contributed by atoms with Crippen molar-refractivity contribution in [3.8, 4) is 33.4 Å². The molecule has 13 rings (SSSR count). The molecule has 0 aliphatic heterocycles. The molecule has 0 aliphatic rings. The van der Waals surface area contributed by atoms with E-state index in [1.165, 1.54) is 109 Å². The van der Waals surface area contributed by atoms with Crippen LogP contribution in [0, 0.1) is 0 Å². The summed E-state index contributed by atoms with van der Waals surface area (Å²) in [5, 5.41) is 17.6. The predicted octanol–water partition coefficient (Wildman–Crippen LogP) is 17.7. The van der Waals surface area contributed by atoms with Crippen LogP contribution in [0.3, 0.4) is 0 Å². The van der Waals surface area contributed by atoms with E-state index in [0.29, 0.717) is 0 Å². The van der Waals surface area contributed by atoms with E-state index in [1.54, 1.807) is 0 Å². The zero-order valence-electron chi connectivity index (χ0n) is 34.5. The molecule has 292 valence electrons. The van der Waals surface area contributed by atoms with Gasteiger partial charge in [0.15, 0.2) is 0 Å². The largest absolute Gasteiger partial charge is 0.310 e. The van der Waals surface area contributed by atoms with Crippen molar-refractivity contribution in [2.24, 2.45) is 0 Å². The SMILES string of the molecule is c1ccc(-c2cc(-c3ccccc3)c3c4ccccc4c4cc(N(c5cc6ccc7cccc8ccc(c5)c6c78)c5cccc6ccccc56)ccc4c3c2-c2ccccc2)cc1. The van der Waals surface area contributed by atoms with Gasteiger partial charge in [0.05, 0.1) is 5.69 Å². The minimum atomic E-state index is 1.11. The topological polar surface area (TPSA) is 3.24 Å². The van der Waals surface area contributed by atoms with E-state index < -0.39 is 0 Å². The Hall–Kier alpha value is -8.26. The van der Waals surface area contributed by atoms with Crippen molar-refractivity contribution in [3.05, 3.63) is 237 Å². The third-order valence-corrected chi connectivity index (χ3v) is 13.3. The average molecular weight is 798 g/mol. The smallest absolute Gasteiger partial charge is 0.0540 e. The molecule has 0 atom stereocenters. The molecule has 0 heterocycles. The number of rotatable bonds is 6. The van der Waals surface area contributed by atoms with E-state index in [9.17, 15) is 0 Å². The van der Waals surface area contributed by atoms with E-state index in [4.69, 9.17) is 0 Å². The summed E-state index contributed by atoms with van der Waals surface area (Å²) in [4.78, 5) is 2.49. The first-order chi connectivity index (χ1) is 31.3. The molecule has 1 nitrogen and oxygen atoms in total. The van der Waals surface area contributed by atoms with Gasteiger partial charge in [0.1, 0.15) is 0 Å². The van der Waals surface area contributed by atoms with Crippen LogP contribution in [0.1, 0.15) is 0 Å². The highest BCUT2D eigenvalue weighted by atomic mass is 15.1. The Morgan fingerprint density at radius 2 is 0.746 bits per heavy atom. The second-order valence-electron chi connectivity index (χ2n) is 16.8. The summed E-state index contributed by atoms with van der Waals surface area (Å²) in [5.74, 6) is 0. The molecule has 0 aromatic heterocycles. The summed E-state index contributed by atoms with van der Waals surface area (Å²) >= 11 is 0. The summed E-state index contributed by atoms with van der Waals surface area (Å²) in [5.41, 5.74) is 10.7. The fourth-order valence-electron chi connectivity index (χ4n) is 10.6. The monoisotopic (exact) mass is 797 g/mol. The Labute approximate surface area is 365 Å². The van der Waals surface area contributed by atoms with Gasteiger partial charge >= 0.3 is 0 Å². The summed E-state index contributed by atoms with van der Waals surface area (Å²) in [6, 6.07) is 87.6. The van der Waals surface area contributed by atoms with E-state index in [0.717, 1.165) is 17.1 Å².